The maximum atomic E-state index is 15.2. The fourth-order valence-electron chi connectivity index (χ4n) is 9.24. The van der Waals surface area contributed by atoms with Crippen LogP contribution in [0, 0.1) is 19.7 Å². The lowest BCUT2D eigenvalue weighted by molar-refractivity contribution is -0.274. The third-order valence-corrected chi connectivity index (χ3v) is 13.6. The summed E-state index contributed by atoms with van der Waals surface area (Å²) in [5.74, 6) is -2.65. The summed E-state index contributed by atoms with van der Waals surface area (Å²) in [6, 6.07) is 22.9. The van der Waals surface area contributed by atoms with Gasteiger partial charge in [-0.25, -0.2) is 4.39 Å². The number of carboxylic acid groups (broad SMARTS) is 2. The Morgan fingerprint density at radius 3 is 1.57 bits per heavy atom. The van der Waals surface area contributed by atoms with Crippen LogP contribution in [-0.2, 0) is 38.2 Å². The summed E-state index contributed by atoms with van der Waals surface area (Å²) in [7, 11) is 2.88. The van der Waals surface area contributed by atoms with Gasteiger partial charge in [0.25, 0.3) is 11.8 Å². The summed E-state index contributed by atoms with van der Waals surface area (Å²) in [5, 5.41) is 24.5. The van der Waals surface area contributed by atoms with Gasteiger partial charge in [0, 0.05) is 101 Å². The summed E-state index contributed by atoms with van der Waals surface area (Å²) in [5.41, 5.74) is 2.55. The average molecular weight is 1190 g/mol. The smallest absolute Gasteiger partial charge is 0.497 e. The zero-order valence-electron chi connectivity index (χ0n) is 44.4. The maximum absolute atomic E-state index is 15.2. The second-order valence-corrected chi connectivity index (χ2v) is 19.8. The number of nitrogens with zero attached hydrogens (tertiary/aromatic N) is 2. The molecule has 2 aliphatic heterocycles. The Morgan fingerprint density at radius 2 is 1.09 bits per heavy atom. The van der Waals surface area contributed by atoms with Crippen LogP contribution in [0.25, 0.3) is 0 Å². The van der Waals surface area contributed by atoms with Gasteiger partial charge in [-0.15, -0.1) is 13.2 Å². The number of ether oxygens (including phenoxy) is 5. The van der Waals surface area contributed by atoms with Crippen molar-refractivity contribution >= 4 is 69.7 Å². The van der Waals surface area contributed by atoms with E-state index in [0.29, 0.717) is 81.0 Å². The minimum atomic E-state index is -4.88. The first-order valence-electron chi connectivity index (χ1n) is 25.3. The van der Waals surface area contributed by atoms with Gasteiger partial charge < -0.3 is 54.3 Å². The molecule has 0 aliphatic carbocycles. The van der Waals surface area contributed by atoms with Crippen LogP contribution in [0.15, 0.2) is 103 Å². The number of aryl methyl sites for hydroxylation is 2. The number of aliphatic carboxylic acids is 2. The van der Waals surface area contributed by atoms with Crippen LogP contribution >= 0.6 is 23.2 Å². The topological polar surface area (TPSA) is 185 Å². The molecule has 4 N–H and O–H groups in total. The molecule has 15 nitrogen and oxygen atoms in total. The molecule has 8 rings (SSSR count). The van der Waals surface area contributed by atoms with Crippen molar-refractivity contribution < 1.29 is 83.8 Å². The van der Waals surface area contributed by atoms with Crippen LogP contribution in [-0.4, -0.2) is 80.9 Å². The van der Waals surface area contributed by atoms with Gasteiger partial charge in [-0.05, 0) is 97.7 Å². The predicted octanol–water partition coefficient (Wildman–Crippen LogP) is 13.3. The number of nitrogens with one attached hydrogen (secondary N) is 2. The molecule has 2 amide bonds. The Bertz CT molecular complexity index is 3310. The number of hydrogen-bond acceptors (Lipinski definition) is 11. The maximum Gasteiger partial charge on any atom is 0.573 e. The molecule has 0 aromatic heterocycles. The SMILES string of the molecule is COc1cc(NC(C(=O)N2CCc3cc(C)c(C(F)(F)F)cc32)c2ccc(Cl)cc2F)cc(OCCCC(=O)O)c1.COc1cc(NC(C(=O)N2CCc3cc(C)c(OC(F)(F)F)cc32)c2ccc(Cl)cc2)cc(OCCCC(=O)O)c1. The molecule has 24 heteroatoms. The molecule has 436 valence electrons. The van der Waals surface area contributed by atoms with Crippen molar-refractivity contribution in [1.29, 1.82) is 0 Å². The number of carbonyl (C=O) groups is 4. The van der Waals surface area contributed by atoms with Gasteiger partial charge in [-0.2, -0.15) is 13.2 Å². The van der Waals surface area contributed by atoms with E-state index in [9.17, 15) is 45.5 Å². The van der Waals surface area contributed by atoms with Crippen LogP contribution in [0.1, 0.15) is 76.7 Å². The number of carbonyl (C=O) groups excluding carboxylic acids is 2. The number of alkyl halides is 6. The number of benzene rings is 6. The number of fused-ring (bicyclic) bond motifs is 2. The lowest BCUT2D eigenvalue weighted by atomic mass is 10.0. The molecule has 2 aliphatic rings. The molecule has 82 heavy (non-hydrogen) atoms. The number of halogens is 9. The number of anilines is 4. The second-order valence-electron chi connectivity index (χ2n) is 18.9. The van der Waals surface area contributed by atoms with E-state index in [-0.39, 0.29) is 73.2 Å². The Morgan fingerprint density at radius 1 is 0.610 bits per heavy atom. The fourth-order valence-corrected chi connectivity index (χ4v) is 9.52. The second kappa shape index (κ2) is 26.7. The molecule has 0 saturated carbocycles. The molecule has 0 bridgehead atoms. The molecular weight excluding hydrogens is 1130 g/mol. The highest BCUT2D eigenvalue weighted by Crippen LogP contribution is 2.42. The van der Waals surface area contributed by atoms with Crippen LogP contribution in [0.5, 0.6) is 28.7 Å². The third-order valence-electron chi connectivity index (χ3n) is 13.1. The van der Waals surface area contributed by atoms with Gasteiger partial charge >= 0.3 is 24.5 Å². The average Bonchev–Trinajstić information content (AvgIpc) is 3.42. The Kier molecular flexibility index (Phi) is 20.0. The van der Waals surface area contributed by atoms with Crippen molar-refractivity contribution in [2.75, 3.05) is 61.0 Å². The van der Waals surface area contributed by atoms with Gasteiger partial charge in [-0.3, -0.25) is 19.2 Å². The number of methoxy groups -OCH3 is 2. The molecule has 0 saturated heterocycles. The minimum Gasteiger partial charge on any atom is -0.497 e. The number of amides is 2. The van der Waals surface area contributed by atoms with Gasteiger partial charge in [0.05, 0.1) is 38.7 Å². The van der Waals surface area contributed by atoms with E-state index in [2.05, 4.69) is 15.4 Å². The number of rotatable bonds is 21. The number of carboxylic acids is 2. The van der Waals surface area contributed by atoms with Crippen molar-refractivity contribution in [2.24, 2.45) is 0 Å². The highest BCUT2D eigenvalue weighted by atomic mass is 35.5. The summed E-state index contributed by atoms with van der Waals surface area (Å²) in [6.45, 7) is 3.52. The van der Waals surface area contributed by atoms with Crippen LogP contribution in [0.3, 0.4) is 0 Å². The summed E-state index contributed by atoms with van der Waals surface area (Å²) >= 11 is 12.0. The van der Waals surface area contributed by atoms with Crippen molar-refractivity contribution in [2.45, 2.75) is 77.0 Å². The fraction of sp³-hybridized carbons (Fsp3) is 0.310. The van der Waals surface area contributed by atoms with Crippen LogP contribution in [0.2, 0.25) is 10.0 Å². The first-order valence-corrected chi connectivity index (χ1v) is 26.1. The summed E-state index contributed by atoms with van der Waals surface area (Å²) < 4.78 is 122. The van der Waals surface area contributed by atoms with Gasteiger partial charge in [0.1, 0.15) is 46.6 Å². The number of hydrogen-bond donors (Lipinski definition) is 4. The Labute approximate surface area is 476 Å². The zero-order chi connectivity index (χ0) is 59.6. The molecule has 0 spiro atoms. The lowest BCUT2D eigenvalue weighted by Crippen LogP contribution is -2.37. The first-order chi connectivity index (χ1) is 38.8. The van der Waals surface area contributed by atoms with E-state index in [1.165, 1.54) is 68.2 Å². The largest absolute Gasteiger partial charge is 0.573 e. The van der Waals surface area contributed by atoms with Crippen molar-refractivity contribution in [3.05, 3.63) is 158 Å². The van der Waals surface area contributed by atoms with E-state index < -0.39 is 59.8 Å². The highest BCUT2D eigenvalue weighted by Gasteiger charge is 2.39. The molecule has 2 unspecified atom stereocenters. The normalized spacial score (nSPS) is 13.4. The van der Waals surface area contributed by atoms with Crippen molar-refractivity contribution in [3.63, 3.8) is 0 Å². The molecular formula is C58H55Cl2F7N4O11. The Balaban J connectivity index is 0.000000236. The molecule has 2 heterocycles. The zero-order valence-corrected chi connectivity index (χ0v) is 45.9. The monoisotopic (exact) mass is 1190 g/mol. The standard InChI is InChI=1S/C29H27ClF4N2O5.C29H28ClF3N2O6/c1-16-10-17-7-8-36(25(17)15-23(16)29(32,33)34)28(39)27(22-6-5-18(30)11-24(22)31)35-19-12-20(40-2)14-21(13-19)41-9-3-4-26(37)38;1-17-12-19-9-10-35(24(19)16-25(17)41-29(31,32)33)28(38)27(18-5-7-20(30)8-6-18)34-21-13-22(39-2)15-23(14-21)40-11-3-4-26(36)37/h5-6,10-15,27,35H,3-4,7-9H2,1-2H3,(H,37,38);5-8,12-16,27,34H,3-4,9-11H2,1-2H3,(H,36,37). The van der Waals surface area contributed by atoms with Gasteiger partial charge in [-0.1, -0.05) is 53.5 Å². The highest BCUT2D eigenvalue weighted by molar-refractivity contribution is 6.30. The van der Waals surface area contributed by atoms with Crippen molar-refractivity contribution in [3.8, 4) is 28.7 Å². The lowest BCUT2D eigenvalue weighted by Gasteiger charge is -2.27. The quantitative estimate of drug-likeness (QED) is 0.0394. The van der Waals surface area contributed by atoms with Gasteiger partial charge in [0.15, 0.2) is 0 Å². The first kappa shape index (κ1) is 61.5. The minimum absolute atomic E-state index is 0.0468. The van der Waals surface area contributed by atoms with E-state index in [0.717, 1.165) is 17.7 Å². The van der Waals surface area contributed by atoms with Crippen molar-refractivity contribution in [1.82, 2.24) is 0 Å². The Hall–Kier alpha value is -8.11. The summed E-state index contributed by atoms with van der Waals surface area (Å²) in [4.78, 5) is 52.3. The van der Waals surface area contributed by atoms with Gasteiger partial charge in [0.2, 0.25) is 0 Å². The van der Waals surface area contributed by atoms with E-state index >= 15 is 4.39 Å². The van der Waals surface area contributed by atoms with Crippen LogP contribution < -0.4 is 44.1 Å². The van der Waals surface area contributed by atoms with E-state index in [1.54, 1.807) is 60.7 Å². The third kappa shape index (κ3) is 16.1. The molecule has 0 radical (unpaired) electrons. The molecule has 6 aromatic rings. The summed E-state index contributed by atoms with van der Waals surface area (Å²) in [6.07, 6.45) is -8.27. The van der Waals surface area contributed by atoms with Crippen LogP contribution in [0.4, 0.5) is 53.5 Å². The molecule has 6 aromatic carbocycles. The molecule has 2 atom stereocenters. The molecule has 0 fully saturated rings. The van der Waals surface area contributed by atoms with E-state index in [4.69, 9.17) is 52.4 Å². The van der Waals surface area contributed by atoms with E-state index in [1.807, 2.05) is 0 Å². The predicted molar refractivity (Wildman–Crippen MR) is 292 cm³/mol.